The minimum Gasteiger partial charge on any atom is -0.325 e. The number of carbonyl (C=O) groups excluding carboxylic acids is 1. The molecular weight excluding hydrogens is 415 g/mol. The van der Waals surface area contributed by atoms with Crippen LogP contribution in [0.3, 0.4) is 0 Å². The summed E-state index contributed by atoms with van der Waals surface area (Å²) in [6.45, 7) is 1.43. The number of benzene rings is 2. The van der Waals surface area contributed by atoms with Crippen LogP contribution in [0.1, 0.15) is 5.69 Å². The quantitative estimate of drug-likeness (QED) is 0.644. The zero-order valence-corrected chi connectivity index (χ0v) is 16.0. The maximum absolute atomic E-state index is 13.4. The first kappa shape index (κ1) is 18.8. The summed E-state index contributed by atoms with van der Waals surface area (Å²) in [4.78, 5) is 29.0. The summed E-state index contributed by atoms with van der Waals surface area (Å²) in [6.07, 6.45) is 0. The molecule has 0 spiro atoms. The van der Waals surface area contributed by atoms with Crippen molar-refractivity contribution in [1.82, 2.24) is 9.55 Å². The smallest absolute Gasteiger partial charge is 0.255 e. The summed E-state index contributed by atoms with van der Waals surface area (Å²) in [5.41, 5.74) is 1.14. The highest BCUT2D eigenvalue weighted by molar-refractivity contribution is 9.10. The van der Waals surface area contributed by atoms with Gasteiger partial charge in [0.1, 0.15) is 12.4 Å². The van der Waals surface area contributed by atoms with Gasteiger partial charge in [0.15, 0.2) is 0 Å². The fraction of sp³-hybridized carbons (Fsp3) is 0.105. The fourth-order valence-electron chi connectivity index (χ4n) is 2.44. The van der Waals surface area contributed by atoms with Crippen molar-refractivity contribution < 1.29 is 9.18 Å². The van der Waals surface area contributed by atoms with Crippen LogP contribution in [0.4, 0.5) is 21.7 Å². The first-order valence-electron chi connectivity index (χ1n) is 8.07. The Bertz CT molecular complexity index is 1030. The van der Waals surface area contributed by atoms with E-state index in [4.69, 9.17) is 0 Å². The van der Waals surface area contributed by atoms with E-state index >= 15 is 0 Å². The van der Waals surface area contributed by atoms with E-state index < -0.39 is 5.82 Å². The Morgan fingerprint density at radius 3 is 2.59 bits per heavy atom. The Hall–Kier alpha value is -3.00. The molecule has 0 bridgehead atoms. The molecule has 0 radical (unpaired) electrons. The molecule has 0 aliphatic heterocycles. The van der Waals surface area contributed by atoms with Gasteiger partial charge >= 0.3 is 0 Å². The number of anilines is 3. The van der Waals surface area contributed by atoms with Crippen molar-refractivity contribution in [2.75, 3.05) is 10.6 Å². The molecule has 0 aliphatic rings. The number of carbonyl (C=O) groups is 1. The zero-order chi connectivity index (χ0) is 19.4. The number of amides is 1. The molecule has 27 heavy (non-hydrogen) atoms. The van der Waals surface area contributed by atoms with Crippen molar-refractivity contribution in [3.63, 3.8) is 0 Å². The Morgan fingerprint density at radius 1 is 1.15 bits per heavy atom. The SMILES string of the molecule is Cc1cc(=O)n(CC(=O)Nc2ccc(Br)cc2)c(Nc2cccc(F)c2)n1. The summed E-state index contributed by atoms with van der Waals surface area (Å²) in [5.74, 6) is -0.640. The molecular formula is C19H16BrFN4O2. The normalized spacial score (nSPS) is 10.5. The van der Waals surface area contributed by atoms with Crippen molar-refractivity contribution >= 4 is 39.2 Å². The molecule has 0 saturated carbocycles. The summed E-state index contributed by atoms with van der Waals surface area (Å²) in [5, 5.41) is 5.62. The van der Waals surface area contributed by atoms with Gasteiger partial charge in [0.2, 0.25) is 11.9 Å². The predicted octanol–water partition coefficient (Wildman–Crippen LogP) is 3.84. The van der Waals surface area contributed by atoms with Gasteiger partial charge in [-0.1, -0.05) is 22.0 Å². The average molecular weight is 431 g/mol. The second-order valence-electron chi connectivity index (χ2n) is 5.84. The van der Waals surface area contributed by atoms with E-state index in [0.717, 1.165) is 4.47 Å². The summed E-state index contributed by atoms with van der Waals surface area (Å²) in [6, 6.07) is 14.2. The van der Waals surface area contributed by atoms with E-state index in [0.29, 0.717) is 17.1 Å². The molecule has 0 saturated heterocycles. The zero-order valence-electron chi connectivity index (χ0n) is 14.4. The first-order chi connectivity index (χ1) is 12.9. The Morgan fingerprint density at radius 2 is 1.89 bits per heavy atom. The number of halogens is 2. The summed E-state index contributed by atoms with van der Waals surface area (Å²) >= 11 is 3.33. The second kappa shape index (κ2) is 8.13. The molecule has 3 rings (SSSR count). The van der Waals surface area contributed by atoms with Crippen LogP contribution in [0.2, 0.25) is 0 Å². The molecule has 1 heterocycles. The van der Waals surface area contributed by atoms with Gasteiger partial charge in [0.05, 0.1) is 0 Å². The van der Waals surface area contributed by atoms with Crippen LogP contribution in [-0.2, 0) is 11.3 Å². The lowest BCUT2D eigenvalue weighted by molar-refractivity contribution is -0.116. The monoisotopic (exact) mass is 430 g/mol. The van der Waals surface area contributed by atoms with Gasteiger partial charge in [0.25, 0.3) is 5.56 Å². The highest BCUT2D eigenvalue weighted by Crippen LogP contribution is 2.16. The fourth-order valence-corrected chi connectivity index (χ4v) is 2.71. The van der Waals surface area contributed by atoms with Gasteiger partial charge in [-0.3, -0.25) is 14.2 Å². The average Bonchev–Trinajstić information content (AvgIpc) is 2.60. The van der Waals surface area contributed by atoms with E-state index in [1.165, 1.54) is 28.8 Å². The topological polar surface area (TPSA) is 76.0 Å². The standard InChI is InChI=1S/C19H16BrFN4O2/c1-12-9-18(27)25(11-17(26)23-15-7-5-13(20)6-8-15)19(22-12)24-16-4-2-3-14(21)10-16/h2-10H,11H2,1H3,(H,22,24)(H,23,26). The molecule has 0 unspecified atom stereocenters. The van der Waals surface area contributed by atoms with Crippen molar-refractivity contribution in [3.8, 4) is 0 Å². The molecule has 1 aromatic heterocycles. The number of aromatic nitrogens is 2. The maximum Gasteiger partial charge on any atom is 0.255 e. The highest BCUT2D eigenvalue weighted by atomic mass is 79.9. The van der Waals surface area contributed by atoms with Gasteiger partial charge in [-0.25, -0.2) is 9.37 Å². The van der Waals surface area contributed by atoms with Crippen LogP contribution in [-0.4, -0.2) is 15.5 Å². The largest absolute Gasteiger partial charge is 0.325 e. The molecule has 0 fully saturated rings. The number of hydrogen-bond donors (Lipinski definition) is 2. The first-order valence-corrected chi connectivity index (χ1v) is 8.86. The minimum atomic E-state index is -0.422. The van der Waals surface area contributed by atoms with Crippen molar-refractivity contribution in [2.24, 2.45) is 0 Å². The number of rotatable bonds is 5. The van der Waals surface area contributed by atoms with Gasteiger partial charge in [-0.05, 0) is 49.4 Å². The lowest BCUT2D eigenvalue weighted by atomic mass is 10.3. The van der Waals surface area contributed by atoms with E-state index in [9.17, 15) is 14.0 Å². The summed E-state index contributed by atoms with van der Waals surface area (Å²) < 4.78 is 15.5. The van der Waals surface area contributed by atoms with Gasteiger partial charge in [-0.15, -0.1) is 0 Å². The highest BCUT2D eigenvalue weighted by Gasteiger charge is 2.12. The van der Waals surface area contributed by atoms with Gasteiger partial charge in [0, 0.05) is 27.6 Å². The van der Waals surface area contributed by atoms with Crippen LogP contribution >= 0.6 is 15.9 Å². The van der Waals surface area contributed by atoms with E-state index in [-0.39, 0.29) is 24.0 Å². The Kier molecular flexibility index (Phi) is 5.66. The van der Waals surface area contributed by atoms with Crippen molar-refractivity contribution in [2.45, 2.75) is 13.5 Å². The van der Waals surface area contributed by atoms with Gasteiger partial charge < -0.3 is 10.6 Å². The predicted molar refractivity (Wildman–Crippen MR) is 106 cm³/mol. The van der Waals surface area contributed by atoms with Gasteiger partial charge in [-0.2, -0.15) is 0 Å². The number of nitrogens with zero attached hydrogens (tertiary/aromatic N) is 2. The molecule has 1 amide bonds. The minimum absolute atomic E-state index is 0.163. The third kappa shape index (κ3) is 5.01. The molecule has 8 heteroatoms. The van der Waals surface area contributed by atoms with Crippen LogP contribution in [0.25, 0.3) is 0 Å². The Labute approximate surface area is 163 Å². The van der Waals surface area contributed by atoms with Crippen LogP contribution in [0.15, 0.2) is 63.9 Å². The summed E-state index contributed by atoms with van der Waals surface area (Å²) in [7, 11) is 0. The molecule has 6 nitrogen and oxygen atoms in total. The van der Waals surface area contributed by atoms with Crippen LogP contribution in [0.5, 0.6) is 0 Å². The van der Waals surface area contributed by atoms with Crippen LogP contribution in [0, 0.1) is 12.7 Å². The van der Waals surface area contributed by atoms with E-state index in [2.05, 4.69) is 31.5 Å². The van der Waals surface area contributed by atoms with Crippen molar-refractivity contribution in [1.29, 1.82) is 0 Å². The van der Waals surface area contributed by atoms with Crippen LogP contribution < -0.4 is 16.2 Å². The number of aryl methyl sites for hydroxylation is 1. The third-order valence-electron chi connectivity index (χ3n) is 3.65. The maximum atomic E-state index is 13.4. The Balaban J connectivity index is 1.84. The number of hydrogen-bond acceptors (Lipinski definition) is 4. The lowest BCUT2D eigenvalue weighted by Crippen LogP contribution is -2.30. The number of nitrogens with one attached hydrogen (secondary N) is 2. The van der Waals surface area contributed by atoms with E-state index in [1.807, 2.05) is 0 Å². The second-order valence-corrected chi connectivity index (χ2v) is 6.75. The molecule has 0 atom stereocenters. The third-order valence-corrected chi connectivity index (χ3v) is 4.18. The lowest BCUT2D eigenvalue weighted by Gasteiger charge is -2.14. The molecule has 3 aromatic rings. The van der Waals surface area contributed by atoms with Crippen molar-refractivity contribution in [3.05, 3.63) is 80.9 Å². The van der Waals surface area contributed by atoms with E-state index in [1.54, 1.807) is 37.3 Å². The molecule has 138 valence electrons. The molecule has 2 N–H and O–H groups in total. The molecule has 0 aliphatic carbocycles. The molecule has 2 aromatic carbocycles.